The molecule has 0 aliphatic carbocycles. The van der Waals surface area contributed by atoms with Gasteiger partial charge in [-0.2, -0.15) is 0 Å². The van der Waals surface area contributed by atoms with E-state index in [1.165, 1.54) is 10.4 Å². The van der Waals surface area contributed by atoms with Crippen LogP contribution in [0.15, 0.2) is 22.7 Å². The van der Waals surface area contributed by atoms with Gasteiger partial charge in [0, 0.05) is 10.9 Å². The van der Waals surface area contributed by atoms with Gasteiger partial charge in [0.1, 0.15) is 17.4 Å². The predicted octanol–water partition coefficient (Wildman–Crippen LogP) is 4.38. The van der Waals surface area contributed by atoms with Crippen molar-refractivity contribution in [3.63, 3.8) is 0 Å². The molecule has 0 fully saturated rings. The number of nitrogens with zero attached hydrogens (tertiary/aromatic N) is 1. The largest absolute Gasteiger partial charge is 0.485 e. The Labute approximate surface area is 138 Å². The zero-order valence-corrected chi connectivity index (χ0v) is 15.1. The van der Waals surface area contributed by atoms with Gasteiger partial charge in [-0.15, -0.1) is 11.3 Å². The van der Waals surface area contributed by atoms with Crippen LogP contribution < -0.4 is 10.5 Å². The molecule has 0 spiro atoms. The van der Waals surface area contributed by atoms with E-state index in [4.69, 9.17) is 10.5 Å². The Balaban J connectivity index is 2.00. The van der Waals surface area contributed by atoms with Crippen LogP contribution in [-0.4, -0.2) is 11.0 Å². The Morgan fingerprint density at radius 3 is 2.71 bits per heavy atom. The minimum atomic E-state index is 0.213. The molecule has 2 N–H and O–H groups in total. The van der Waals surface area contributed by atoms with Crippen LogP contribution in [0.3, 0.4) is 0 Å². The second-order valence-corrected chi connectivity index (χ2v) is 7.32. The summed E-state index contributed by atoms with van der Waals surface area (Å²) < 4.78 is 6.81. The first-order valence-electron chi connectivity index (χ1n) is 7.09. The molecule has 0 saturated heterocycles. The summed E-state index contributed by atoms with van der Waals surface area (Å²) in [4.78, 5) is 5.73. The fourth-order valence-electron chi connectivity index (χ4n) is 1.98. The number of ether oxygens (including phenoxy) is 1. The van der Waals surface area contributed by atoms with Crippen molar-refractivity contribution in [3.8, 4) is 5.75 Å². The van der Waals surface area contributed by atoms with E-state index in [1.807, 2.05) is 13.0 Å². The Kier molecular flexibility index (Phi) is 5.79. The van der Waals surface area contributed by atoms with Gasteiger partial charge in [0.25, 0.3) is 0 Å². The number of benzene rings is 1. The molecule has 1 aromatic carbocycles. The van der Waals surface area contributed by atoms with E-state index in [2.05, 4.69) is 46.9 Å². The molecule has 0 aliphatic rings. The third-order valence-corrected chi connectivity index (χ3v) is 5.11. The molecule has 0 aliphatic heterocycles. The van der Waals surface area contributed by atoms with Gasteiger partial charge < -0.3 is 10.5 Å². The Morgan fingerprint density at radius 1 is 1.38 bits per heavy atom. The minimum absolute atomic E-state index is 0.213. The maximum Gasteiger partial charge on any atom is 0.140 e. The number of nitrogens with two attached hydrogens (primary N) is 1. The Hall–Kier alpha value is -0.910. The van der Waals surface area contributed by atoms with E-state index in [1.54, 1.807) is 11.3 Å². The quantitative estimate of drug-likeness (QED) is 0.822. The third-order valence-electron chi connectivity index (χ3n) is 3.44. The summed E-state index contributed by atoms with van der Waals surface area (Å²) in [5.74, 6) is 0.842. The lowest BCUT2D eigenvalue weighted by molar-refractivity contribution is 0.303. The van der Waals surface area contributed by atoms with Gasteiger partial charge >= 0.3 is 0 Å². The molecule has 0 amide bonds. The fraction of sp³-hybridized carbons (Fsp3) is 0.438. The minimum Gasteiger partial charge on any atom is -0.485 e. The first-order chi connectivity index (χ1) is 9.99. The summed E-state index contributed by atoms with van der Waals surface area (Å²) in [6.45, 7) is 6.72. The number of aromatic nitrogens is 1. The molecule has 5 heteroatoms. The highest BCUT2D eigenvalue weighted by atomic mass is 79.9. The molecule has 1 atom stereocenters. The van der Waals surface area contributed by atoms with Crippen molar-refractivity contribution in [2.45, 2.75) is 46.3 Å². The van der Waals surface area contributed by atoms with Crippen LogP contribution in [-0.2, 0) is 13.0 Å². The van der Waals surface area contributed by atoms with Gasteiger partial charge in [0.15, 0.2) is 0 Å². The lowest BCUT2D eigenvalue weighted by Crippen LogP contribution is -2.21. The van der Waals surface area contributed by atoms with Crippen LogP contribution in [0.5, 0.6) is 5.75 Å². The van der Waals surface area contributed by atoms with Crippen molar-refractivity contribution in [2.75, 3.05) is 0 Å². The van der Waals surface area contributed by atoms with Crippen molar-refractivity contribution in [1.29, 1.82) is 0 Å². The average molecular weight is 369 g/mol. The van der Waals surface area contributed by atoms with Crippen molar-refractivity contribution in [1.82, 2.24) is 4.98 Å². The van der Waals surface area contributed by atoms with Crippen molar-refractivity contribution in [3.05, 3.63) is 43.8 Å². The molecule has 2 rings (SSSR count). The topological polar surface area (TPSA) is 48.1 Å². The molecule has 21 heavy (non-hydrogen) atoms. The number of rotatable bonds is 6. The first-order valence-corrected chi connectivity index (χ1v) is 8.70. The summed E-state index contributed by atoms with van der Waals surface area (Å²) >= 11 is 5.26. The van der Waals surface area contributed by atoms with Gasteiger partial charge in [0.2, 0.25) is 0 Å². The third kappa shape index (κ3) is 4.53. The van der Waals surface area contributed by atoms with Crippen molar-refractivity contribution in [2.24, 2.45) is 5.73 Å². The fourth-order valence-corrected chi connectivity index (χ4v) is 3.36. The van der Waals surface area contributed by atoms with Gasteiger partial charge in [-0.05, 0) is 60.3 Å². The monoisotopic (exact) mass is 368 g/mol. The van der Waals surface area contributed by atoms with Gasteiger partial charge in [-0.25, -0.2) is 4.98 Å². The smallest absolute Gasteiger partial charge is 0.140 e. The van der Waals surface area contributed by atoms with Crippen LogP contribution >= 0.6 is 27.3 Å². The number of halogens is 1. The van der Waals surface area contributed by atoms with Crippen LogP contribution in [0.1, 0.15) is 34.5 Å². The zero-order chi connectivity index (χ0) is 15.4. The van der Waals surface area contributed by atoms with Crippen molar-refractivity contribution >= 4 is 27.3 Å². The molecular formula is C16H21BrN2OS. The average Bonchev–Trinajstić information content (AvgIpc) is 2.76. The Bertz CT molecular complexity index is 593. The molecule has 0 saturated carbocycles. The lowest BCUT2D eigenvalue weighted by atomic mass is 10.0. The zero-order valence-electron chi connectivity index (χ0n) is 12.6. The molecule has 0 radical (unpaired) electrons. The van der Waals surface area contributed by atoms with Crippen LogP contribution in [0.25, 0.3) is 0 Å². The molecule has 2 aromatic rings. The molecule has 1 unspecified atom stereocenters. The van der Waals surface area contributed by atoms with Crippen LogP contribution in [0.4, 0.5) is 0 Å². The first kappa shape index (κ1) is 16.5. The maximum atomic E-state index is 5.99. The number of thiazole rings is 1. The van der Waals surface area contributed by atoms with Crippen LogP contribution in [0, 0.1) is 13.8 Å². The molecule has 3 nitrogen and oxygen atoms in total. The van der Waals surface area contributed by atoms with E-state index in [9.17, 15) is 0 Å². The van der Waals surface area contributed by atoms with Gasteiger partial charge in [-0.1, -0.05) is 13.0 Å². The molecule has 1 heterocycles. The van der Waals surface area contributed by atoms with E-state index in [-0.39, 0.29) is 6.04 Å². The molecule has 1 aromatic heterocycles. The highest BCUT2D eigenvalue weighted by Gasteiger charge is 2.08. The summed E-state index contributed by atoms with van der Waals surface area (Å²) in [6.07, 6.45) is 1.87. The van der Waals surface area contributed by atoms with Gasteiger partial charge in [-0.3, -0.25) is 0 Å². The summed E-state index contributed by atoms with van der Waals surface area (Å²) in [6, 6.07) is 6.37. The second kappa shape index (κ2) is 7.38. The van der Waals surface area contributed by atoms with Crippen LogP contribution in [0.2, 0.25) is 0 Å². The molecule has 114 valence electrons. The van der Waals surface area contributed by atoms with E-state index in [0.717, 1.165) is 33.8 Å². The highest BCUT2D eigenvalue weighted by molar-refractivity contribution is 9.10. The molecular weight excluding hydrogens is 348 g/mol. The molecule has 0 bridgehead atoms. The second-order valence-electron chi connectivity index (χ2n) is 5.18. The highest BCUT2D eigenvalue weighted by Crippen LogP contribution is 2.28. The standard InChI is InChI=1S/C16H21BrN2OS/c1-4-13(18)7-12-5-6-15(14(17)8-12)20-9-16-19-10(2)11(3)21-16/h5-6,8,13H,4,7,9,18H2,1-3H3. The number of hydrogen-bond donors (Lipinski definition) is 1. The van der Waals surface area contributed by atoms with Gasteiger partial charge in [0.05, 0.1) is 10.2 Å². The maximum absolute atomic E-state index is 5.99. The lowest BCUT2D eigenvalue weighted by Gasteiger charge is -2.11. The Morgan fingerprint density at radius 2 is 2.14 bits per heavy atom. The van der Waals surface area contributed by atoms with E-state index < -0.39 is 0 Å². The SMILES string of the molecule is CCC(N)Cc1ccc(OCc2nc(C)c(C)s2)c(Br)c1. The normalized spacial score (nSPS) is 12.4. The van der Waals surface area contributed by atoms with E-state index in [0.29, 0.717) is 6.61 Å². The number of aryl methyl sites for hydroxylation is 2. The summed E-state index contributed by atoms with van der Waals surface area (Å²) in [7, 11) is 0. The summed E-state index contributed by atoms with van der Waals surface area (Å²) in [5, 5.41) is 1.01. The summed E-state index contributed by atoms with van der Waals surface area (Å²) in [5.41, 5.74) is 8.30. The van der Waals surface area contributed by atoms with Crippen molar-refractivity contribution < 1.29 is 4.74 Å². The predicted molar refractivity (Wildman–Crippen MR) is 92.0 cm³/mol. The number of hydrogen-bond acceptors (Lipinski definition) is 4. The van der Waals surface area contributed by atoms with E-state index >= 15 is 0 Å².